The highest BCUT2D eigenvalue weighted by molar-refractivity contribution is 5.82. The zero-order chi connectivity index (χ0) is 16.9. The van der Waals surface area contributed by atoms with Crippen LogP contribution in [0.15, 0.2) is 12.2 Å². The maximum absolute atomic E-state index is 11.7. The van der Waals surface area contributed by atoms with Crippen molar-refractivity contribution in [1.82, 2.24) is 0 Å². The van der Waals surface area contributed by atoms with E-state index in [1.165, 1.54) is 57.1 Å². The molecule has 3 unspecified atom stereocenters. The molecule has 4 heteroatoms. The van der Waals surface area contributed by atoms with Crippen molar-refractivity contribution in [3.8, 4) is 0 Å². The molecule has 134 valence electrons. The van der Waals surface area contributed by atoms with Crippen molar-refractivity contribution < 1.29 is 19.7 Å². The zero-order valence-electron chi connectivity index (χ0n) is 14.6. The number of aliphatic hydroxyl groups is 2. The van der Waals surface area contributed by atoms with Crippen LogP contribution in [0.1, 0.15) is 84.0 Å². The van der Waals surface area contributed by atoms with Crippen LogP contribution in [0.4, 0.5) is 0 Å². The van der Waals surface area contributed by atoms with E-state index < -0.39 is 18.2 Å². The molecular formula is C19H34O4. The Morgan fingerprint density at radius 1 is 0.870 bits per heavy atom. The zero-order valence-corrected chi connectivity index (χ0v) is 14.6. The van der Waals surface area contributed by atoms with E-state index in [0.29, 0.717) is 6.42 Å². The van der Waals surface area contributed by atoms with Gasteiger partial charge in [-0.05, 0) is 32.3 Å². The van der Waals surface area contributed by atoms with Gasteiger partial charge in [-0.2, -0.15) is 0 Å². The summed E-state index contributed by atoms with van der Waals surface area (Å²) in [6.45, 7) is 1.90. The van der Waals surface area contributed by atoms with Gasteiger partial charge >= 0.3 is 5.97 Å². The van der Waals surface area contributed by atoms with Crippen molar-refractivity contribution in [3.63, 3.8) is 0 Å². The quantitative estimate of drug-likeness (QED) is 0.663. The summed E-state index contributed by atoms with van der Waals surface area (Å²) in [4.78, 5) is 11.7. The van der Waals surface area contributed by atoms with Gasteiger partial charge in [0.05, 0.1) is 18.3 Å². The van der Waals surface area contributed by atoms with E-state index in [9.17, 15) is 15.0 Å². The smallest absolute Gasteiger partial charge is 0.330 e. The van der Waals surface area contributed by atoms with Crippen molar-refractivity contribution in [3.05, 3.63) is 12.2 Å². The molecule has 0 aromatic carbocycles. The first-order valence-corrected chi connectivity index (χ1v) is 9.34. The van der Waals surface area contributed by atoms with Crippen LogP contribution >= 0.6 is 0 Å². The summed E-state index contributed by atoms with van der Waals surface area (Å²) in [5.74, 6) is -0.443. The summed E-state index contributed by atoms with van der Waals surface area (Å²) in [5, 5.41) is 19.7. The second kappa shape index (κ2) is 12.5. The highest BCUT2D eigenvalue weighted by Gasteiger charge is 2.14. The third-order valence-corrected chi connectivity index (χ3v) is 4.50. The first-order valence-electron chi connectivity index (χ1n) is 9.34. The molecule has 0 fully saturated rings. The van der Waals surface area contributed by atoms with Crippen molar-refractivity contribution in [2.45, 2.75) is 102 Å². The summed E-state index contributed by atoms with van der Waals surface area (Å²) in [5.41, 5.74) is 0. The number of carbonyl (C=O) groups excluding carboxylic acids is 1. The minimum absolute atomic E-state index is 0.101. The Morgan fingerprint density at radius 2 is 1.35 bits per heavy atom. The number of cyclic esters (lactones) is 1. The molecule has 0 aliphatic carbocycles. The van der Waals surface area contributed by atoms with Crippen LogP contribution in [-0.4, -0.2) is 34.5 Å². The van der Waals surface area contributed by atoms with E-state index in [1.54, 1.807) is 0 Å². The van der Waals surface area contributed by atoms with Gasteiger partial charge in [-0.25, -0.2) is 4.79 Å². The van der Waals surface area contributed by atoms with E-state index in [1.807, 2.05) is 6.92 Å². The maximum atomic E-state index is 11.7. The molecule has 0 bridgehead atoms. The van der Waals surface area contributed by atoms with Crippen LogP contribution in [0.3, 0.4) is 0 Å². The molecular weight excluding hydrogens is 292 g/mol. The highest BCUT2D eigenvalue weighted by Crippen LogP contribution is 2.15. The van der Waals surface area contributed by atoms with Crippen LogP contribution in [0.2, 0.25) is 0 Å². The van der Waals surface area contributed by atoms with Gasteiger partial charge in [-0.1, -0.05) is 57.8 Å². The Bertz CT molecular complexity index is 340. The lowest BCUT2D eigenvalue weighted by molar-refractivity contribution is -0.142. The van der Waals surface area contributed by atoms with Crippen LogP contribution < -0.4 is 0 Å². The molecule has 1 aliphatic heterocycles. The van der Waals surface area contributed by atoms with Crippen LogP contribution in [0.25, 0.3) is 0 Å². The number of rotatable bonds is 0. The van der Waals surface area contributed by atoms with E-state index in [-0.39, 0.29) is 6.10 Å². The van der Waals surface area contributed by atoms with E-state index >= 15 is 0 Å². The lowest BCUT2D eigenvalue weighted by Gasteiger charge is -2.14. The third kappa shape index (κ3) is 10.5. The fourth-order valence-electron chi connectivity index (χ4n) is 2.97. The lowest BCUT2D eigenvalue weighted by Crippen LogP contribution is -2.24. The molecule has 1 aliphatic rings. The summed E-state index contributed by atoms with van der Waals surface area (Å²) in [7, 11) is 0. The lowest BCUT2D eigenvalue weighted by atomic mass is 10.0. The molecule has 0 spiro atoms. The molecule has 0 radical (unpaired) electrons. The van der Waals surface area contributed by atoms with Crippen molar-refractivity contribution in [2.75, 3.05) is 0 Å². The van der Waals surface area contributed by atoms with Gasteiger partial charge in [-0.15, -0.1) is 0 Å². The molecule has 0 saturated heterocycles. The Morgan fingerprint density at radius 3 is 1.91 bits per heavy atom. The number of carbonyl (C=O) groups is 1. The molecule has 2 N–H and O–H groups in total. The predicted molar refractivity (Wildman–Crippen MR) is 92.1 cm³/mol. The molecule has 0 aromatic heterocycles. The monoisotopic (exact) mass is 326 g/mol. The van der Waals surface area contributed by atoms with Crippen molar-refractivity contribution in [1.29, 1.82) is 0 Å². The normalized spacial score (nSPS) is 30.7. The van der Waals surface area contributed by atoms with Crippen LogP contribution in [0, 0.1) is 0 Å². The SMILES string of the molecule is CC1CCCCCCCCCCCCC(O)C(O)C=CC(=O)O1. The summed E-state index contributed by atoms with van der Waals surface area (Å²) >= 11 is 0. The number of hydrogen-bond acceptors (Lipinski definition) is 4. The topological polar surface area (TPSA) is 66.8 Å². The van der Waals surface area contributed by atoms with E-state index in [2.05, 4.69) is 0 Å². The van der Waals surface area contributed by atoms with Gasteiger partial charge in [0.25, 0.3) is 0 Å². The number of ether oxygens (including phenoxy) is 1. The second-order valence-electron chi connectivity index (χ2n) is 6.78. The first-order chi connectivity index (χ1) is 11.1. The minimum Gasteiger partial charge on any atom is -0.460 e. The Hall–Kier alpha value is -0.870. The van der Waals surface area contributed by atoms with Gasteiger partial charge in [-0.3, -0.25) is 0 Å². The predicted octanol–water partition coefficient (Wildman–Crippen LogP) is 3.89. The molecule has 4 nitrogen and oxygen atoms in total. The Kier molecular flexibility index (Phi) is 11.0. The molecule has 3 atom stereocenters. The first kappa shape index (κ1) is 20.2. The highest BCUT2D eigenvalue weighted by atomic mass is 16.5. The van der Waals surface area contributed by atoms with Gasteiger partial charge < -0.3 is 14.9 Å². The van der Waals surface area contributed by atoms with Crippen LogP contribution in [0.5, 0.6) is 0 Å². The Balaban J connectivity index is 2.44. The van der Waals surface area contributed by atoms with Gasteiger partial charge in [0.1, 0.15) is 0 Å². The number of esters is 1. The number of hydrogen-bond donors (Lipinski definition) is 2. The van der Waals surface area contributed by atoms with Crippen molar-refractivity contribution >= 4 is 5.97 Å². The summed E-state index contributed by atoms with van der Waals surface area (Å²) in [6, 6.07) is 0. The largest absolute Gasteiger partial charge is 0.460 e. The summed E-state index contributed by atoms with van der Waals surface area (Å²) < 4.78 is 5.28. The van der Waals surface area contributed by atoms with Gasteiger partial charge in [0.15, 0.2) is 0 Å². The third-order valence-electron chi connectivity index (χ3n) is 4.50. The van der Waals surface area contributed by atoms with Gasteiger partial charge in [0, 0.05) is 6.08 Å². The van der Waals surface area contributed by atoms with Crippen molar-refractivity contribution in [2.24, 2.45) is 0 Å². The Labute approximate surface area is 140 Å². The second-order valence-corrected chi connectivity index (χ2v) is 6.78. The molecule has 23 heavy (non-hydrogen) atoms. The fraction of sp³-hybridized carbons (Fsp3) is 0.842. The number of aliphatic hydroxyl groups excluding tert-OH is 2. The maximum Gasteiger partial charge on any atom is 0.330 e. The molecule has 1 heterocycles. The average molecular weight is 326 g/mol. The van der Waals surface area contributed by atoms with E-state index in [4.69, 9.17) is 4.74 Å². The van der Waals surface area contributed by atoms with Crippen LogP contribution in [-0.2, 0) is 9.53 Å². The van der Waals surface area contributed by atoms with Gasteiger partial charge in [0.2, 0.25) is 0 Å². The summed E-state index contributed by atoms with van der Waals surface area (Å²) in [6.07, 6.45) is 14.0. The fourth-order valence-corrected chi connectivity index (χ4v) is 2.97. The standard InChI is InChI=1S/C19H34O4/c1-16-12-10-8-6-4-2-3-5-7-9-11-13-17(20)18(21)14-15-19(22)23-16/h14-18,20-21H,2-13H2,1H3. The average Bonchev–Trinajstić information content (AvgIpc) is 2.52. The van der Waals surface area contributed by atoms with E-state index in [0.717, 1.165) is 25.7 Å². The molecule has 1 rings (SSSR count). The minimum atomic E-state index is -1.00. The molecule has 0 aromatic rings. The molecule has 0 amide bonds. The molecule has 0 saturated carbocycles.